The minimum Gasteiger partial charge on any atom is -0.334 e. The zero-order valence-corrected chi connectivity index (χ0v) is 34.6. The van der Waals surface area contributed by atoms with E-state index in [1.54, 1.807) is 0 Å². The Morgan fingerprint density at radius 3 is 1.86 bits per heavy atom. The smallest absolute Gasteiger partial charge is 0.252 e. The third-order valence-corrected chi connectivity index (χ3v) is 14.1. The van der Waals surface area contributed by atoms with Crippen molar-refractivity contribution in [2.45, 2.75) is 96.4 Å². The van der Waals surface area contributed by atoms with Gasteiger partial charge in [-0.1, -0.05) is 109 Å². The van der Waals surface area contributed by atoms with E-state index in [-0.39, 0.29) is 28.5 Å². The third-order valence-electron chi connectivity index (χ3n) is 14.1. The molecule has 0 aromatic heterocycles. The summed E-state index contributed by atoms with van der Waals surface area (Å²) in [7, 11) is 0. The highest BCUT2D eigenvalue weighted by Crippen LogP contribution is 2.62. The maximum atomic E-state index is 9.97. The molecule has 4 aliphatic rings. The number of hydrogen-bond donors (Lipinski definition) is 0. The van der Waals surface area contributed by atoms with Gasteiger partial charge in [0.25, 0.3) is 6.71 Å². The second-order valence-corrected chi connectivity index (χ2v) is 19.4. The molecule has 0 saturated heterocycles. The van der Waals surface area contributed by atoms with Gasteiger partial charge < -0.3 is 14.7 Å². The molecular formula is C52H51BN4. The minimum atomic E-state index is -0.121. The summed E-state index contributed by atoms with van der Waals surface area (Å²) in [5.74, 6) is 0. The van der Waals surface area contributed by atoms with Crippen LogP contribution in [-0.4, -0.2) is 12.3 Å². The molecule has 3 heterocycles. The molecule has 1 saturated carbocycles. The Labute approximate surface area is 339 Å². The van der Waals surface area contributed by atoms with Crippen molar-refractivity contribution in [1.82, 2.24) is 0 Å². The Morgan fingerprint density at radius 1 is 0.561 bits per heavy atom. The summed E-state index contributed by atoms with van der Waals surface area (Å²) in [6.45, 7) is 18.8. The summed E-state index contributed by atoms with van der Waals surface area (Å²) in [5, 5.41) is 9.97. The number of benzene rings is 6. The Balaban J connectivity index is 1.27. The van der Waals surface area contributed by atoms with Gasteiger partial charge in [-0.25, -0.2) is 0 Å². The fraction of sp³-hybridized carbons (Fsp3) is 0.288. The summed E-state index contributed by atoms with van der Waals surface area (Å²) in [5.41, 5.74) is 18.1. The molecule has 0 radical (unpaired) electrons. The summed E-state index contributed by atoms with van der Waals surface area (Å²) < 4.78 is 0. The average Bonchev–Trinajstić information content (AvgIpc) is 3.60. The molecule has 1 fully saturated rings. The van der Waals surface area contributed by atoms with Gasteiger partial charge in [-0.15, -0.1) is 0 Å². The SMILES string of the molecule is CC(C)(C)c1ccc(N2c3cc(N4c5ccc(C#N)cc5C5(C)CCCC45C)ccc3B3c4ccccc4N(c4ccccc4)c4cc(C(C)(C)C)cc2c43)cc1. The first kappa shape index (κ1) is 35.7. The van der Waals surface area contributed by atoms with Crippen LogP contribution in [0.15, 0.2) is 127 Å². The molecule has 2 atom stereocenters. The van der Waals surface area contributed by atoms with Gasteiger partial charge in [0.2, 0.25) is 0 Å². The number of nitriles is 1. The van der Waals surface area contributed by atoms with Gasteiger partial charge in [0.05, 0.1) is 17.2 Å². The monoisotopic (exact) mass is 742 g/mol. The summed E-state index contributed by atoms with van der Waals surface area (Å²) >= 11 is 0. The molecule has 6 aromatic carbocycles. The van der Waals surface area contributed by atoms with Crippen molar-refractivity contribution < 1.29 is 0 Å². The van der Waals surface area contributed by atoms with E-state index in [9.17, 15) is 5.26 Å². The second kappa shape index (κ2) is 12.1. The summed E-state index contributed by atoms with van der Waals surface area (Å²) in [4.78, 5) is 7.70. The first-order valence-electron chi connectivity index (χ1n) is 20.7. The van der Waals surface area contributed by atoms with Crippen LogP contribution >= 0.6 is 0 Å². The Kier molecular flexibility index (Phi) is 7.60. The van der Waals surface area contributed by atoms with Gasteiger partial charge >= 0.3 is 0 Å². The number of rotatable bonds is 3. The van der Waals surface area contributed by atoms with Gasteiger partial charge in [-0.3, -0.25) is 0 Å². The number of hydrogen-bond acceptors (Lipinski definition) is 4. The van der Waals surface area contributed by atoms with Gasteiger partial charge in [0, 0.05) is 50.9 Å². The molecule has 3 aliphatic heterocycles. The molecule has 0 amide bonds. The third kappa shape index (κ3) is 5.05. The Hall–Kier alpha value is -5.73. The lowest BCUT2D eigenvalue weighted by Crippen LogP contribution is -2.61. The van der Waals surface area contributed by atoms with Crippen molar-refractivity contribution in [3.05, 3.63) is 150 Å². The fourth-order valence-electron chi connectivity index (χ4n) is 10.8. The highest BCUT2D eigenvalue weighted by Gasteiger charge is 2.59. The van der Waals surface area contributed by atoms with Crippen LogP contribution < -0.4 is 31.1 Å². The van der Waals surface area contributed by atoms with Gasteiger partial charge in [-0.2, -0.15) is 5.26 Å². The van der Waals surface area contributed by atoms with Crippen LogP contribution in [-0.2, 0) is 16.2 Å². The van der Waals surface area contributed by atoms with Crippen LogP contribution in [0.5, 0.6) is 0 Å². The van der Waals surface area contributed by atoms with Crippen LogP contribution in [0.2, 0.25) is 0 Å². The summed E-state index contributed by atoms with van der Waals surface area (Å²) in [6, 6.07) is 50.3. The van der Waals surface area contributed by atoms with Crippen molar-refractivity contribution in [1.29, 1.82) is 5.26 Å². The number of nitrogens with zero attached hydrogens (tertiary/aromatic N) is 4. The molecule has 5 heteroatoms. The normalized spacial score (nSPS) is 20.4. The van der Waals surface area contributed by atoms with Crippen LogP contribution in [0.3, 0.4) is 0 Å². The van der Waals surface area contributed by atoms with Gasteiger partial charge in [-0.05, 0) is 136 Å². The van der Waals surface area contributed by atoms with Crippen LogP contribution in [0, 0.1) is 11.3 Å². The molecule has 0 spiro atoms. The lowest BCUT2D eigenvalue weighted by atomic mass is 9.33. The first-order valence-corrected chi connectivity index (χ1v) is 20.7. The van der Waals surface area contributed by atoms with E-state index in [0.717, 1.165) is 24.1 Å². The van der Waals surface area contributed by atoms with Crippen molar-refractivity contribution in [2.75, 3.05) is 14.7 Å². The number of para-hydroxylation sites is 2. The lowest BCUT2D eigenvalue weighted by Gasteiger charge is -2.46. The van der Waals surface area contributed by atoms with Gasteiger partial charge in [0.1, 0.15) is 0 Å². The van der Waals surface area contributed by atoms with Crippen molar-refractivity contribution in [2.24, 2.45) is 0 Å². The number of anilines is 8. The second-order valence-electron chi connectivity index (χ2n) is 19.4. The standard InChI is InChI=1S/C52H51BN4/c1-49(2,3)35-20-22-38(23-21-35)56-45-32-39(57-43-26-19-34(33-54)29-40(43)51(7)27-14-28-52(51,57)8)24-25-42(45)53-41-17-12-13-18-44(41)55(37-15-10-9-11-16-37)46-30-36(50(4,5)6)31-47(56)48(46)53/h9-13,15-26,29-32H,14,27-28H2,1-8H3. The van der Waals surface area contributed by atoms with E-state index >= 15 is 0 Å². The highest BCUT2D eigenvalue weighted by atomic mass is 15.3. The molecule has 1 aliphatic carbocycles. The van der Waals surface area contributed by atoms with E-state index in [1.807, 2.05) is 6.07 Å². The predicted molar refractivity (Wildman–Crippen MR) is 241 cm³/mol. The van der Waals surface area contributed by atoms with Gasteiger partial charge in [0.15, 0.2) is 0 Å². The van der Waals surface area contributed by atoms with Crippen molar-refractivity contribution >= 4 is 68.6 Å². The topological polar surface area (TPSA) is 33.5 Å². The molecule has 0 N–H and O–H groups in total. The molecular weight excluding hydrogens is 691 g/mol. The quantitative estimate of drug-likeness (QED) is 0.169. The highest BCUT2D eigenvalue weighted by molar-refractivity contribution is 7.00. The fourth-order valence-corrected chi connectivity index (χ4v) is 10.8. The van der Waals surface area contributed by atoms with Crippen LogP contribution in [0.25, 0.3) is 0 Å². The Morgan fingerprint density at radius 2 is 1.18 bits per heavy atom. The molecule has 57 heavy (non-hydrogen) atoms. The van der Waals surface area contributed by atoms with Crippen LogP contribution in [0.1, 0.15) is 96.9 Å². The largest absolute Gasteiger partial charge is 0.334 e. The number of fused-ring (bicyclic) bond motifs is 7. The predicted octanol–water partition coefficient (Wildman–Crippen LogP) is 11.6. The van der Waals surface area contributed by atoms with Crippen molar-refractivity contribution in [3.63, 3.8) is 0 Å². The van der Waals surface area contributed by atoms with E-state index < -0.39 is 0 Å². The minimum absolute atomic E-state index is 0.0414. The van der Waals surface area contributed by atoms with E-state index in [4.69, 9.17) is 0 Å². The molecule has 4 nitrogen and oxygen atoms in total. The molecule has 282 valence electrons. The molecule has 10 rings (SSSR count). The average molecular weight is 743 g/mol. The van der Waals surface area contributed by atoms with Crippen LogP contribution in [0.4, 0.5) is 45.5 Å². The molecule has 2 unspecified atom stereocenters. The molecule has 0 bridgehead atoms. The first-order chi connectivity index (χ1) is 27.2. The zero-order chi connectivity index (χ0) is 39.6. The van der Waals surface area contributed by atoms with E-state index in [1.165, 1.54) is 79.3 Å². The van der Waals surface area contributed by atoms with E-state index in [2.05, 4.69) is 197 Å². The molecule has 6 aromatic rings. The zero-order valence-electron chi connectivity index (χ0n) is 34.6. The maximum absolute atomic E-state index is 9.97. The van der Waals surface area contributed by atoms with Crippen molar-refractivity contribution in [3.8, 4) is 6.07 Å². The Bertz CT molecular complexity index is 2640. The maximum Gasteiger partial charge on any atom is 0.252 e. The lowest BCUT2D eigenvalue weighted by molar-refractivity contribution is 0.330. The summed E-state index contributed by atoms with van der Waals surface area (Å²) in [6.07, 6.45) is 3.38. The van der Waals surface area contributed by atoms with E-state index in [0.29, 0.717) is 0 Å².